The maximum atomic E-state index is 4.58. The number of aromatic amines is 1. The fraction of sp³-hybridized carbons (Fsp3) is 0.333. The second-order valence-electron chi connectivity index (χ2n) is 4.17. The maximum absolute atomic E-state index is 4.58. The largest absolute Gasteiger partial charge is 0.370 e. The highest BCUT2D eigenvalue weighted by atomic mass is 32.1. The Hall–Kier alpha value is -1.62. The average molecular weight is 246 g/mol. The van der Waals surface area contributed by atoms with E-state index in [-0.39, 0.29) is 0 Å². The molecule has 0 amide bonds. The Morgan fingerprint density at radius 1 is 1.41 bits per heavy atom. The molecule has 3 heterocycles. The van der Waals surface area contributed by atoms with E-state index < -0.39 is 0 Å². The van der Waals surface area contributed by atoms with Crippen molar-refractivity contribution in [3.63, 3.8) is 0 Å². The lowest BCUT2D eigenvalue weighted by Crippen LogP contribution is -1.96. The zero-order valence-corrected chi connectivity index (χ0v) is 10.9. The Bertz CT molecular complexity index is 695. The van der Waals surface area contributed by atoms with Gasteiger partial charge in [0.1, 0.15) is 16.2 Å². The van der Waals surface area contributed by atoms with Crippen molar-refractivity contribution in [2.24, 2.45) is 0 Å². The van der Waals surface area contributed by atoms with E-state index in [9.17, 15) is 0 Å². The Balaban J connectivity index is 2.38. The van der Waals surface area contributed by atoms with Crippen molar-refractivity contribution < 1.29 is 0 Å². The van der Waals surface area contributed by atoms with Gasteiger partial charge in [0.25, 0.3) is 0 Å². The van der Waals surface area contributed by atoms with Crippen LogP contribution in [0.1, 0.15) is 18.2 Å². The molecule has 0 radical (unpaired) electrons. The number of rotatable bonds is 2. The Labute approximate surface area is 103 Å². The van der Waals surface area contributed by atoms with Gasteiger partial charge in [0, 0.05) is 17.6 Å². The number of fused-ring (bicyclic) bond motifs is 3. The average Bonchev–Trinajstić information content (AvgIpc) is 2.78. The summed E-state index contributed by atoms with van der Waals surface area (Å²) in [4.78, 5) is 5.66. The fourth-order valence-electron chi connectivity index (χ4n) is 2.16. The molecule has 3 aromatic rings. The number of thiophene rings is 1. The van der Waals surface area contributed by atoms with Crippen molar-refractivity contribution in [2.45, 2.75) is 20.8 Å². The summed E-state index contributed by atoms with van der Waals surface area (Å²) >= 11 is 1.70. The van der Waals surface area contributed by atoms with Crippen LogP contribution >= 0.6 is 11.3 Å². The third-order valence-electron chi connectivity index (χ3n) is 2.82. The van der Waals surface area contributed by atoms with E-state index in [1.165, 1.54) is 15.6 Å². The van der Waals surface area contributed by atoms with Gasteiger partial charge >= 0.3 is 0 Å². The summed E-state index contributed by atoms with van der Waals surface area (Å²) in [6, 6.07) is 2.11. The van der Waals surface area contributed by atoms with Gasteiger partial charge in [0.05, 0.1) is 4.70 Å². The van der Waals surface area contributed by atoms with E-state index >= 15 is 0 Å². The number of anilines is 1. The molecule has 3 aromatic heterocycles. The second-order valence-corrected chi connectivity index (χ2v) is 5.17. The predicted octanol–water partition coefficient (Wildman–Crippen LogP) is 3.22. The van der Waals surface area contributed by atoms with Crippen LogP contribution in [0.25, 0.3) is 20.4 Å². The molecule has 0 bridgehead atoms. The van der Waals surface area contributed by atoms with Gasteiger partial charge in [-0.1, -0.05) is 0 Å². The van der Waals surface area contributed by atoms with Crippen molar-refractivity contribution >= 4 is 37.6 Å². The Morgan fingerprint density at radius 3 is 3.00 bits per heavy atom. The number of H-pyrrole nitrogens is 1. The predicted molar refractivity (Wildman–Crippen MR) is 72.9 cm³/mol. The molecule has 0 spiro atoms. The van der Waals surface area contributed by atoms with Gasteiger partial charge in [0.15, 0.2) is 0 Å². The number of nitrogens with zero attached hydrogens (tertiary/aromatic N) is 2. The molecule has 0 fully saturated rings. The summed E-state index contributed by atoms with van der Waals surface area (Å²) in [6.45, 7) is 7.11. The molecule has 4 nitrogen and oxygen atoms in total. The van der Waals surface area contributed by atoms with Crippen molar-refractivity contribution in [3.8, 4) is 0 Å². The van der Waals surface area contributed by atoms with Crippen molar-refractivity contribution in [1.29, 1.82) is 0 Å². The Morgan fingerprint density at radius 2 is 2.24 bits per heavy atom. The molecule has 3 rings (SSSR count). The highest BCUT2D eigenvalue weighted by Gasteiger charge is 2.15. The molecule has 0 saturated heterocycles. The summed E-state index contributed by atoms with van der Waals surface area (Å²) < 4.78 is 1.17. The van der Waals surface area contributed by atoms with Crippen molar-refractivity contribution in [2.75, 3.05) is 11.9 Å². The highest BCUT2D eigenvalue weighted by Crippen LogP contribution is 2.37. The van der Waals surface area contributed by atoms with Crippen LogP contribution in [0.3, 0.4) is 0 Å². The summed E-state index contributed by atoms with van der Waals surface area (Å²) in [7, 11) is 0. The van der Waals surface area contributed by atoms with Gasteiger partial charge in [0.2, 0.25) is 0 Å². The van der Waals surface area contributed by atoms with Crippen LogP contribution in [0.2, 0.25) is 0 Å². The topological polar surface area (TPSA) is 53.6 Å². The van der Waals surface area contributed by atoms with E-state index in [0.717, 1.165) is 28.4 Å². The summed E-state index contributed by atoms with van der Waals surface area (Å²) in [5.41, 5.74) is 3.34. The van der Waals surface area contributed by atoms with Crippen LogP contribution in [0, 0.1) is 13.8 Å². The molecular weight excluding hydrogens is 232 g/mol. The summed E-state index contributed by atoms with van der Waals surface area (Å²) in [6.07, 6.45) is 0. The maximum Gasteiger partial charge on any atom is 0.139 e. The minimum atomic E-state index is 0.886. The van der Waals surface area contributed by atoms with E-state index in [2.05, 4.69) is 40.4 Å². The number of aromatic nitrogens is 3. The van der Waals surface area contributed by atoms with Gasteiger partial charge in [-0.25, -0.2) is 4.98 Å². The van der Waals surface area contributed by atoms with Crippen molar-refractivity contribution in [1.82, 2.24) is 15.2 Å². The lowest BCUT2D eigenvalue weighted by atomic mass is 10.2. The van der Waals surface area contributed by atoms with E-state index in [1.54, 1.807) is 11.3 Å². The highest BCUT2D eigenvalue weighted by molar-refractivity contribution is 7.26. The minimum Gasteiger partial charge on any atom is -0.370 e. The molecule has 88 valence electrons. The first-order valence-electron chi connectivity index (χ1n) is 5.69. The van der Waals surface area contributed by atoms with Crippen LogP contribution in [-0.4, -0.2) is 21.7 Å². The summed E-state index contributed by atoms with van der Waals surface area (Å²) in [5.74, 6) is 1.00. The van der Waals surface area contributed by atoms with Crippen LogP contribution in [0.4, 0.5) is 5.82 Å². The van der Waals surface area contributed by atoms with Gasteiger partial charge in [-0.05, 0) is 32.4 Å². The molecule has 0 unspecified atom stereocenters. The molecule has 0 aliphatic rings. The van der Waals surface area contributed by atoms with Crippen LogP contribution < -0.4 is 5.32 Å². The monoisotopic (exact) mass is 246 g/mol. The third kappa shape index (κ3) is 1.50. The van der Waals surface area contributed by atoms with Gasteiger partial charge in [-0.3, -0.25) is 5.10 Å². The van der Waals surface area contributed by atoms with Crippen LogP contribution in [-0.2, 0) is 0 Å². The number of aryl methyl sites for hydroxylation is 2. The minimum absolute atomic E-state index is 0.886. The molecule has 0 atom stereocenters. The SMILES string of the molecule is CCNc1[nH]nc2c1sc1nc(C)cc(C)c12. The molecular formula is C12H14N4S. The van der Waals surface area contributed by atoms with E-state index in [4.69, 9.17) is 0 Å². The number of nitrogens with one attached hydrogen (secondary N) is 2. The van der Waals surface area contributed by atoms with Crippen LogP contribution in [0.5, 0.6) is 0 Å². The summed E-state index contributed by atoms with van der Waals surface area (Å²) in [5, 5.41) is 11.9. The molecule has 2 N–H and O–H groups in total. The van der Waals surface area contributed by atoms with Gasteiger partial charge in [-0.2, -0.15) is 5.10 Å². The fourth-order valence-corrected chi connectivity index (χ4v) is 3.37. The number of hydrogen-bond donors (Lipinski definition) is 2. The molecule has 0 aliphatic heterocycles. The Kier molecular flexibility index (Phi) is 2.29. The molecule has 17 heavy (non-hydrogen) atoms. The molecule has 0 saturated carbocycles. The first kappa shape index (κ1) is 10.5. The first-order chi connectivity index (χ1) is 8.20. The smallest absolute Gasteiger partial charge is 0.139 e. The normalized spacial score (nSPS) is 11.5. The third-order valence-corrected chi connectivity index (χ3v) is 3.91. The zero-order valence-electron chi connectivity index (χ0n) is 10.1. The number of hydrogen-bond acceptors (Lipinski definition) is 4. The van der Waals surface area contributed by atoms with E-state index in [1.807, 2.05) is 6.92 Å². The quantitative estimate of drug-likeness (QED) is 0.730. The first-order valence-corrected chi connectivity index (χ1v) is 6.51. The van der Waals surface area contributed by atoms with Gasteiger partial charge in [-0.15, -0.1) is 11.3 Å². The molecule has 0 aliphatic carbocycles. The molecule has 5 heteroatoms. The standard InChI is InChI=1S/C12H14N4S/c1-4-13-11-10-9(15-16-11)8-6(2)5-7(3)14-12(8)17-10/h5H,4H2,1-3H3,(H2,13,15,16). The van der Waals surface area contributed by atoms with Crippen molar-refractivity contribution in [3.05, 3.63) is 17.3 Å². The van der Waals surface area contributed by atoms with E-state index in [0.29, 0.717) is 0 Å². The lowest BCUT2D eigenvalue weighted by molar-refractivity contribution is 1.08. The zero-order chi connectivity index (χ0) is 12.0. The lowest BCUT2D eigenvalue weighted by Gasteiger charge is -1.97. The number of pyridine rings is 1. The van der Waals surface area contributed by atoms with Gasteiger partial charge < -0.3 is 5.32 Å². The second kappa shape index (κ2) is 3.70. The molecule has 0 aromatic carbocycles. The van der Waals surface area contributed by atoms with Crippen LogP contribution in [0.15, 0.2) is 6.07 Å².